The number of nitrogens with zero attached hydrogens (tertiary/aromatic N) is 1. The van der Waals surface area contributed by atoms with Crippen molar-refractivity contribution in [3.63, 3.8) is 0 Å². The van der Waals surface area contributed by atoms with Crippen molar-refractivity contribution in [3.05, 3.63) is 22.4 Å². The second kappa shape index (κ2) is 7.75. The topological polar surface area (TPSA) is 15.3 Å². The van der Waals surface area contributed by atoms with Gasteiger partial charge in [0.2, 0.25) is 0 Å². The molecular formula is C18H32N2S. The van der Waals surface area contributed by atoms with E-state index in [1.54, 1.807) is 0 Å². The Bertz CT molecular complexity index is 403. The van der Waals surface area contributed by atoms with Gasteiger partial charge in [-0.1, -0.05) is 26.8 Å². The summed E-state index contributed by atoms with van der Waals surface area (Å²) in [4.78, 5) is 4.03. The maximum absolute atomic E-state index is 3.75. The molecule has 120 valence electrons. The van der Waals surface area contributed by atoms with Crippen molar-refractivity contribution >= 4 is 11.3 Å². The van der Waals surface area contributed by atoms with Crippen LogP contribution in [0.4, 0.5) is 0 Å². The summed E-state index contributed by atoms with van der Waals surface area (Å²) in [5, 5.41) is 5.94. The van der Waals surface area contributed by atoms with E-state index in [-0.39, 0.29) is 0 Å². The zero-order chi connectivity index (χ0) is 15.4. The average Bonchev–Trinajstić information content (AvgIpc) is 2.95. The van der Waals surface area contributed by atoms with Crippen molar-refractivity contribution < 1.29 is 0 Å². The second-order valence-electron chi connectivity index (χ2n) is 7.01. The lowest BCUT2D eigenvalue weighted by molar-refractivity contribution is 0.0985. The first-order valence-corrected chi connectivity index (χ1v) is 9.37. The molecule has 5 unspecified atom stereocenters. The molecule has 3 heteroatoms. The van der Waals surface area contributed by atoms with Crippen molar-refractivity contribution in [1.82, 2.24) is 10.2 Å². The van der Waals surface area contributed by atoms with Gasteiger partial charge in [0, 0.05) is 23.5 Å². The molecule has 2 rings (SSSR count). The van der Waals surface area contributed by atoms with Crippen molar-refractivity contribution in [2.75, 3.05) is 20.1 Å². The quantitative estimate of drug-likeness (QED) is 0.838. The van der Waals surface area contributed by atoms with E-state index in [0.29, 0.717) is 12.1 Å². The number of thiophene rings is 1. The molecule has 21 heavy (non-hydrogen) atoms. The highest BCUT2D eigenvalue weighted by Gasteiger charge is 2.34. The SMILES string of the molecule is CCNC1CC(C)CC(C)C1CN(C)C(C)c1cccs1. The third-order valence-corrected chi connectivity index (χ3v) is 6.30. The zero-order valence-corrected chi connectivity index (χ0v) is 15.1. The minimum atomic E-state index is 0.527. The fourth-order valence-corrected chi connectivity index (χ4v) is 4.80. The highest BCUT2D eigenvalue weighted by Crippen LogP contribution is 2.35. The largest absolute Gasteiger partial charge is 0.314 e. The number of nitrogens with one attached hydrogen (secondary N) is 1. The smallest absolute Gasteiger partial charge is 0.0410 e. The standard InChI is InChI=1S/C18H32N2S/c1-6-19-17-11-13(2)10-14(3)16(17)12-20(5)15(4)18-8-7-9-21-18/h7-9,13-17,19H,6,10-12H2,1-5H3. The molecular weight excluding hydrogens is 276 g/mol. The molecule has 0 saturated heterocycles. The maximum atomic E-state index is 3.75. The fourth-order valence-electron chi connectivity index (χ4n) is 3.95. The van der Waals surface area contributed by atoms with Crippen molar-refractivity contribution in [1.29, 1.82) is 0 Å². The van der Waals surface area contributed by atoms with Crippen LogP contribution in [-0.4, -0.2) is 31.1 Å². The maximum Gasteiger partial charge on any atom is 0.0410 e. The van der Waals surface area contributed by atoms with Gasteiger partial charge in [-0.25, -0.2) is 0 Å². The van der Waals surface area contributed by atoms with Gasteiger partial charge >= 0.3 is 0 Å². The summed E-state index contributed by atoms with van der Waals surface area (Å²) in [6.07, 6.45) is 2.72. The molecule has 1 N–H and O–H groups in total. The first-order chi connectivity index (χ1) is 10.0. The molecule has 1 saturated carbocycles. The van der Waals surface area contributed by atoms with E-state index in [0.717, 1.165) is 24.3 Å². The third kappa shape index (κ3) is 4.30. The molecule has 0 bridgehead atoms. The third-order valence-electron chi connectivity index (χ3n) is 5.26. The van der Waals surface area contributed by atoms with Crippen molar-refractivity contribution in [2.24, 2.45) is 17.8 Å². The van der Waals surface area contributed by atoms with E-state index in [1.165, 1.54) is 24.3 Å². The van der Waals surface area contributed by atoms with E-state index in [4.69, 9.17) is 0 Å². The molecule has 1 fully saturated rings. The molecule has 5 atom stereocenters. The Hall–Kier alpha value is -0.380. The predicted octanol–water partition coefficient (Wildman–Crippen LogP) is 4.40. The average molecular weight is 309 g/mol. The summed E-state index contributed by atoms with van der Waals surface area (Å²) in [5.41, 5.74) is 0. The molecule has 0 aliphatic heterocycles. The van der Waals surface area contributed by atoms with Crippen LogP contribution in [0.2, 0.25) is 0 Å². The van der Waals surface area contributed by atoms with Crippen LogP contribution >= 0.6 is 11.3 Å². The van der Waals surface area contributed by atoms with E-state index >= 15 is 0 Å². The number of hydrogen-bond donors (Lipinski definition) is 1. The summed E-state index contributed by atoms with van der Waals surface area (Å²) in [7, 11) is 2.29. The molecule has 0 aromatic carbocycles. The molecule has 1 aromatic heterocycles. The van der Waals surface area contributed by atoms with E-state index < -0.39 is 0 Å². The van der Waals surface area contributed by atoms with Gasteiger partial charge in [-0.15, -0.1) is 11.3 Å². The van der Waals surface area contributed by atoms with Gasteiger partial charge in [-0.3, -0.25) is 4.90 Å². The Balaban J connectivity index is 2.01. The van der Waals surface area contributed by atoms with Crippen LogP contribution in [0.25, 0.3) is 0 Å². The lowest BCUT2D eigenvalue weighted by atomic mass is 9.72. The lowest BCUT2D eigenvalue weighted by Gasteiger charge is -2.42. The molecule has 0 amide bonds. The Labute approximate surface area is 134 Å². The summed E-state index contributed by atoms with van der Waals surface area (Å²) < 4.78 is 0. The Morgan fingerprint density at radius 2 is 2.14 bits per heavy atom. The van der Waals surface area contributed by atoms with Crippen LogP contribution in [0.3, 0.4) is 0 Å². The normalized spacial score (nSPS) is 31.5. The lowest BCUT2D eigenvalue weighted by Crippen LogP contribution is -2.48. The van der Waals surface area contributed by atoms with Crippen LogP contribution in [0.15, 0.2) is 17.5 Å². The summed E-state index contributed by atoms with van der Waals surface area (Å²) in [6.45, 7) is 11.7. The first kappa shape index (κ1) is 17.0. The second-order valence-corrected chi connectivity index (χ2v) is 7.99. The fraction of sp³-hybridized carbons (Fsp3) is 0.778. The minimum Gasteiger partial charge on any atom is -0.314 e. The highest BCUT2D eigenvalue weighted by molar-refractivity contribution is 7.10. The van der Waals surface area contributed by atoms with Gasteiger partial charge in [0.1, 0.15) is 0 Å². The number of rotatable bonds is 6. The summed E-state index contributed by atoms with van der Waals surface area (Å²) in [6, 6.07) is 5.64. The Kier molecular flexibility index (Phi) is 6.27. The van der Waals surface area contributed by atoms with Gasteiger partial charge in [0.25, 0.3) is 0 Å². The summed E-state index contributed by atoms with van der Waals surface area (Å²) >= 11 is 1.88. The Morgan fingerprint density at radius 1 is 1.38 bits per heavy atom. The summed E-state index contributed by atoms with van der Waals surface area (Å²) in [5.74, 6) is 2.45. The molecule has 1 aromatic rings. The van der Waals surface area contributed by atoms with Crippen LogP contribution < -0.4 is 5.32 Å². The molecule has 0 spiro atoms. The van der Waals surface area contributed by atoms with Crippen LogP contribution in [0.1, 0.15) is 51.5 Å². The van der Waals surface area contributed by atoms with E-state index in [1.807, 2.05) is 11.3 Å². The van der Waals surface area contributed by atoms with Gasteiger partial charge in [-0.05, 0) is 62.6 Å². The van der Waals surface area contributed by atoms with Crippen LogP contribution in [0.5, 0.6) is 0 Å². The van der Waals surface area contributed by atoms with E-state index in [9.17, 15) is 0 Å². The minimum absolute atomic E-state index is 0.527. The van der Waals surface area contributed by atoms with Gasteiger partial charge in [0.15, 0.2) is 0 Å². The van der Waals surface area contributed by atoms with Crippen molar-refractivity contribution in [2.45, 2.75) is 52.6 Å². The van der Waals surface area contributed by atoms with E-state index in [2.05, 4.69) is 62.5 Å². The predicted molar refractivity (Wildman–Crippen MR) is 93.9 cm³/mol. The molecule has 1 aliphatic carbocycles. The highest BCUT2D eigenvalue weighted by atomic mass is 32.1. The Morgan fingerprint density at radius 3 is 2.76 bits per heavy atom. The molecule has 0 radical (unpaired) electrons. The number of hydrogen-bond acceptors (Lipinski definition) is 3. The monoisotopic (exact) mass is 308 g/mol. The van der Waals surface area contributed by atoms with Crippen LogP contribution in [-0.2, 0) is 0 Å². The van der Waals surface area contributed by atoms with Crippen LogP contribution in [0, 0.1) is 17.8 Å². The van der Waals surface area contributed by atoms with Gasteiger partial charge in [0.05, 0.1) is 0 Å². The zero-order valence-electron chi connectivity index (χ0n) is 14.3. The van der Waals surface area contributed by atoms with Gasteiger partial charge in [-0.2, -0.15) is 0 Å². The molecule has 2 nitrogen and oxygen atoms in total. The molecule has 1 heterocycles. The first-order valence-electron chi connectivity index (χ1n) is 8.49. The van der Waals surface area contributed by atoms with Gasteiger partial charge < -0.3 is 5.32 Å². The molecule has 1 aliphatic rings. The van der Waals surface area contributed by atoms with Crippen molar-refractivity contribution in [3.8, 4) is 0 Å².